The number of methoxy groups -OCH3 is 1. The molecular weight excluding hydrogens is 260 g/mol. The Bertz CT molecular complexity index is 514. The number of ether oxygens (including phenoxy) is 1. The fourth-order valence-corrected chi connectivity index (χ4v) is 2.45. The minimum absolute atomic E-state index is 0.0745. The highest BCUT2D eigenvalue weighted by atomic mass is 16.5. The summed E-state index contributed by atoms with van der Waals surface area (Å²) < 4.78 is 5.09. The van der Waals surface area contributed by atoms with Gasteiger partial charge in [-0.15, -0.1) is 0 Å². The van der Waals surface area contributed by atoms with Gasteiger partial charge in [0, 0.05) is 25.8 Å². The summed E-state index contributed by atoms with van der Waals surface area (Å²) in [5.74, 6) is -1.28. The number of aliphatic carboxylic acids is 1. The summed E-state index contributed by atoms with van der Waals surface area (Å²) >= 11 is 0. The first-order valence-corrected chi connectivity index (χ1v) is 6.44. The van der Waals surface area contributed by atoms with E-state index in [-0.39, 0.29) is 18.9 Å². The van der Waals surface area contributed by atoms with Crippen LogP contribution in [0.1, 0.15) is 12.0 Å². The Morgan fingerprint density at radius 3 is 2.80 bits per heavy atom. The maximum Gasteiger partial charge on any atom is 0.327 e. The second-order valence-corrected chi connectivity index (χ2v) is 4.75. The number of para-hydroxylation sites is 1. The first-order valence-electron chi connectivity index (χ1n) is 6.44. The molecule has 1 aliphatic heterocycles. The fraction of sp³-hybridized carbons (Fsp3) is 0.429. The number of carboxylic acid groups (broad SMARTS) is 1. The number of carbonyl (C=O) groups is 2. The number of benzene rings is 1. The molecule has 0 saturated heterocycles. The number of amides is 1. The summed E-state index contributed by atoms with van der Waals surface area (Å²) in [6.07, 6.45) is 0.00697. The number of nitrogens with zero attached hydrogens (tertiary/aromatic N) is 1. The number of hydrogen-bond donors (Lipinski definition) is 2. The average Bonchev–Trinajstić information content (AvgIpc) is 2.84. The molecule has 108 valence electrons. The van der Waals surface area contributed by atoms with Crippen molar-refractivity contribution in [3.05, 3.63) is 29.8 Å². The van der Waals surface area contributed by atoms with Gasteiger partial charge >= 0.3 is 5.97 Å². The van der Waals surface area contributed by atoms with Gasteiger partial charge in [-0.1, -0.05) is 18.2 Å². The lowest BCUT2D eigenvalue weighted by Gasteiger charge is -2.24. The van der Waals surface area contributed by atoms with Gasteiger partial charge in [0.1, 0.15) is 6.04 Å². The molecule has 20 heavy (non-hydrogen) atoms. The molecule has 0 radical (unpaired) electrons. The third-order valence-electron chi connectivity index (χ3n) is 3.53. The molecule has 0 fully saturated rings. The number of carbonyl (C=O) groups excluding carboxylic acids is 1. The minimum Gasteiger partial charge on any atom is -0.480 e. The molecule has 0 bridgehead atoms. The van der Waals surface area contributed by atoms with E-state index in [2.05, 4.69) is 0 Å². The second-order valence-electron chi connectivity index (χ2n) is 4.75. The van der Waals surface area contributed by atoms with Crippen LogP contribution in [0.2, 0.25) is 0 Å². The Balaban J connectivity index is 2.26. The SMILES string of the molecule is COC(CN)CC(=O)N1c2ccccc2CC1C(=O)O. The van der Waals surface area contributed by atoms with E-state index in [1.54, 1.807) is 12.1 Å². The molecule has 0 saturated carbocycles. The highest BCUT2D eigenvalue weighted by molar-refractivity contribution is 6.02. The predicted octanol–water partition coefficient (Wildman–Crippen LogP) is 0.393. The molecule has 1 heterocycles. The van der Waals surface area contributed by atoms with E-state index in [1.807, 2.05) is 12.1 Å². The van der Waals surface area contributed by atoms with Crippen molar-refractivity contribution in [3.8, 4) is 0 Å². The first kappa shape index (κ1) is 14.5. The topological polar surface area (TPSA) is 92.9 Å². The zero-order valence-electron chi connectivity index (χ0n) is 11.3. The number of anilines is 1. The quantitative estimate of drug-likeness (QED) is 0.813. The maximum absolute atomic E-state index is 12.4. The van der Waals surface area contributed by atoms with Gasteiger partial charge < -0.3 is 15.6 Å². The van der Waals surface area contributed by atoms with E-state index in [1.165, 1.54) is 12.0 Å². The van der Waals surface area contributed by atoms with Crippen molar-refractivity contribution < 1.29 is 19.4 Å². The molecule has 1 aliphatic rings. The zero-order chi connectivity index (χ0) is 14.7. The van der Waals surface area contributed by atoms with Crippen molar-refractivity contribution >= 4 is 17.6 Å². The maximum atomic E-state index is 12.4. The van der Waals surface area contributed by atoms with Crippen molar-refractivity contribution in [2.24, 2.45) is 5.73 Å². The van der Waals surface area contributed by atoms with E-state index in [0.717, 1.165) is 5.56 Å². The van der Waals surface area contributed by atoms with Crippen molar-refractivity contribution in [1.29, 1.82) is 0 Å². The van der Waals surface area contributed by atoms with Gasteiger partial charge in [-0.05, 0) is 11.6 Å². The van der Waals surface area contributed by atoms with Crippen LogP contribution in [0.3, 0.4) is 0 Å². The van der Waals surface area contributed by atoms with Crippen molar-refractivity contribution in [3.63, 3.8) is 0 Å². The van der Waals surface area contributed by atoms with E-state index in [0.29, 0.717) is 12.1 Å². The average molecular weight is 278 g/mol. The molecular formula is C14H18N2O4. The lowest BCUT2D eigenvalue weighted by molar-refractivity contribution is -0.140. The van der Waals surface area contributed by atoms with Crippen LogP contribution in [0, 0.1) is 0 Å². The van der Waals surface area contributed by atoms with Gasteiger partial charge in [0.2, 0.25) is 5.91 Å². The molecule has 0 spiro atoms. The Labute approximate surface area is 117 Å². The van der Waals surface area contributed by atoms with E-state index in [4.69, 9.17) is 10.5 Å². The number of hydrogen-bond acceptors (Lipinski definition) is 4. The van der Waals surface area contributed by atoms with Crippen LogP contribution < -0.4 is 10.6 Å². The van der Waals surface area contributed by atoms with Crippen molar-refractivity contribution in [1.82, 2.24) is 0 Å². The summed E-state index contributed by atoms with van der Waals surface area (Å²) in [4.78, 5) is 25.1. The Hall–Kier alpha value is -1.92. The lowest BCUT2D eigenvalue weighted by atomic mass is 10.1. The molecule has 0 aromatic heterocycles. The van der Waals surface area contributed by atoms with Crippen LogP contribution in [0.4, 0.5) is 5.69 Å². The standard InChI is InChI=1S/C14H18N2O4/c1-20-10(8-15)7-13(17)16-11-5-3-2-4-9(11)6-12(16)14(18)19/h2-5,10,12H,6-8,15H2,1H3,(H,18,19). The first-order chi connectivity index (χ1) is 9.58. The summed E-state index contributed by atoms with van der Waals surface area (Å²) in [6.45, 7) is 0.218. The number of fused-ring (bicyclic) bond motifs is 1. The van der Waals surface area contributed by atoms with Crippen LogP contribution in [-0.2, 0) is 20.7 Å². The third-order valence-corrected chi connectivity index (χ3v) is 3.53. The molecule has 2 rings (SSSR count). The Kier molecular flexibility index (Phi) is 4.36. The highest BCUT2D eigenvalue weighted by Crippen LogP contribution is 2.32. The van der Waals surface area contributed by atoms with Crippen molar-refractivity contribution in [2.75, 3.05) is 18.6 Å². The minimum atomic E-state index is -1.00. The van der Waals surface area contributed by atoms with Crippen LogP contribution in [-0.4, -0.2) is 42.8 Å². The summed E-state index contributed by atoms with van der Waals surface area (Å²) in [7, 11) is 1.48. The van der Waals surface area contributed by atoms with Gasteiger partial charge in [0.25, 0.3) is 0 Å². The lowest BCUT2D eigenvalue weighted by Crippen LogP contribution is -2.44. The number of carboxylic acids is 1. The van der Waals surface area contributed by atoms with Gasteiger partial charge in [-0.2, -0.15) is 0 Å². The summed E-state index contributed by atoms with van der Waals surface area (Å²) in [5, 5.41) is 9.30. The molecule has 0 aliphatic carbocycles. The molecule has 1 aromatic rings. The molecule has 2 atom stereocenters. The van der Waals surface area contributed by atoms with E-state index >= 15 is 0 Å². The normalized spacial score (nSPS) is 18.7. The van der Waals surface area contributed by atoms with Gasteiger partial charge in [0.15, 0.2) is 0 Å². The third kappa shape index (κ3) is 2.66. The molecule has 2 unspecified atom stereocenters. The van der Waals surface area contributed by atoms with Crippen LogP contribution >= 0.6 is 0 Å². The van der Waals surface area contributed by atoms with Gasteiger partial charge in [-0.3, -0.25) is 9.69 Å². The molecule has 1 amide bonds. The van der Waals surface area contributed by atoms with E-state index in [9.17, 15) is 14.7 Å². The summed E-state index contributed by atoms with van der Waals surface area (Å²) in [5.41, 5.74) is 7.04. The summed E-state index contributed by atoms with van der Waals surface area (Å²) in [6, 6.07) is 6.38. The zero-order valence-corrected chi connectivity index (χ0v) is 11.3. The fourth-order valence-electron chi connectivity index (χ4n) is 2.45. The molecule has 6 nitrogen and oxygen atoms in total. The number of nitrogens with two attached hydrogens (primary N) is 1. The molecule has 3 N–H and O–H groups in total. The molecule has 6 heteroatoms. The molecule has 1 aromatic carbocycles. The second kappa shape index (κ2) is 6.02. The van der Waals surface area contributed by atoms with Crippen LogP contribution in [0.5, 0.6) is 0 Å². The Morgan fingerprint density at radius 2 is 2.20 bits per heavy atom. The van der Waals surface area contributed by atoms with Gasteiger partial charge in [0.05, 0.1) is 12.5 Å². The highest BCUT2D eigenvalue weighted by Gasteiger charge is 2.38. The smallest absolute Gasteiger partial charge is 0.327 e. The van der Waals surface area contributed by atoms with Gasteiger partial charge in [-0.25, -0.2) is 4.79 Å². The van der Waals surface area contributed by atoms with Crippen molar-refractivity contribution in [2.45, 2.75) is 25.0 Å². The van der Waals surface area contributed by atoms with Crippen LogP contribution in [0.15, 0.2) is 24.3 Å². The predicted molar refractivity (Wildman–Crippen MR) is 73.5 cm³/mol. The Morgan fingerprint density at radius 1 is 1.50 bits per heavy atom. The monoisotopic (exact) mass is 278 g/mol. The van der Waals surface area contributed by atoms with Crippen LogP contribution in [0.25, 0.3) is 0 Å². The number of rotatable bonds is 5. The van der Waals surface area contributed by atoms with E-state index < -0.39 is 18.1 Å². The largest absolute Gasteiger partial charge is 0.480 e.